The fraction of sp³-hybridized carbons (Fsp3) is 0.771. The molecule has 0 saturated heterocycles. The third kappa shape index (κ3) is 33.0. The molecular formula is C35H61N3O13S. The Labute approximate surface area is 309 Å². The number of carbonyl (C=O) groups is 2. The number of azide groups is 1. The summed E-state index contributed by atoms with van der Waals surface area (Å²) in [4.78, 5) is 25.7. The van der Waals surface area contributed by atoms with E-state index in [1.165, 1.54) is 12.1 Å². The minimum atomic E-state index is -3.76. The third-order valence-electron chi connectivity index (χ3n) is 5.84. The van der Waals surface area contributed by atoms with Crippen LogP contribution in [0, 0.1) is 6.92 Å². The van der Waals surface area contributed by atoms with E-state index in [0.29, 0.717) is 105 Å². The van der Waals surface area contributed by atoms with Gasteiger partial charge in [-0.2, -0.15) is 8.42 Å². The Morgan fingerprint density at radius 2 is 0.981 bits per heavy atom. The Bertz CT molecular complexity index is 1230. The largest absolute Gasteiger partial charge is 0.460 e. The molecule has 52 heavy (non-hydrogen) atoms. The van der Waals surface area contributed by atoms with Crippen LogP contribution in [-0.4, -0.2) is 124 Å². The summed E-state index contributed by atoms with van der Waals surface area (Å²) in [6.07, 6.45) is 1.92. The molecule has 17 heteroatoms. The monoisotopic (exact) mass is 763 g/mol. The zero-order valence-electron chi connectivity index (χ0n) is 32.1. The van der Waals surface area contributed by atoms with Gasteiger partial charge >= 0.3 is 11.9 Å². The molecule has 0 saturated carbocycles. The van der Waals surface area contributed by atoms with Crippen molar-refractivity contribution in [1.82, 2.24) is 0 Å². The molecule has 0 N–H and O–H groups in total. The molecule has 0 aliphatic heterocycles. The molecule has 1 aromatic rings. The maximum Gasteiger partial charge on any atom is 0.306 e. The number of hydrogen-bond acceptors (Lipinski definition) is 14. The summed E-state index contributed by atoms with van der Waals surface area (Å²) in [5.74, 6) is -0.430. The number of hydrogen-bond donors (Lipinski definition) is 0. The number of esters is 2. The SMILES string of the molecule is CC(C)(C)OC(=O)CCCOCCOCCOCCN=[N+]=[N-].Cc1ccc(S(=O)(=O)OCCOCCOCCOCCCC(=O)OC(C)(C)C)cc1. The summed E-state index contributed by atoms with van der Waals surface area (Å²) in [7, 11) is -3.76. The Hall–Kier alpha value is -2.86. The number of aryl methyl sites for hydroxylation is 1. The predicted molar refractivity (Wildman–Crippen MR) is 193 cm³/mol. The highest BCUT2D eigenvalue weighted by Gasteiger charge is 2.17. The van der Waals surface area contributed by atoms with Gasteiger partial charge in [-0.15, -0.1) is 0 Å². The molecule has 1 rings (SSSR count). The summed E-state index contributed by atoms with van der Waals surface area (Å²) in [5.41, 5.74) is 8.12. The molecule has 0 bridgehead atoms. The first-order valence-electron chi connectivity index (χ1n) is 17.4. The standard InChI is InChI=1S/C21H34O8S.C14H27N3O5/c1-18-7-9-19(10-8-18)30(23,24)28-17-16-27-15-14-26-13-12-25-11-5-6-20(22)29-21(2,3)4;1-14(2,3)22-13(18)5-4-7-19-9-11-21-12-10-20-8-6-16-17-15/h7-10H,5-6,11-17H2,1-4H3;4-12H2,1-3H3. The van der Waals surface area contributed by atoms with Crippen molar-refractivity contribution in [2.75, 3.05) is 92.4 Å². The van der Waals surface area contributed by atoms with E-state index in [0.717, 1.165) is 5.56 Å². The molecule has 0 aromatic heterocycles. The Morgan fingerprint density at radius 1 is 0.615 bits per heavy atom. The summed E-state index contributed by atoms with van der Waals surface area (Å²) in [6, 6.07) is 6.46. The van der Waals surface area contributed by atoms with Gasteiger partial charge in [-0.05, 0) is 79.0 Å². The Balaban J connectivity index is 0.00000105. The van der Waals surface area contributed by atoms with Crippen LogP contribution < -0.4 is 0 Å². The number of nitrogens with zero attached hydrogens (tertiary/aromatic N) is 3. The first-order valence-corrected chi connectivity index (χ1v) is 18.8. The molecule has 1 aromatic carbocycles. The van der Waals surface area contributed by atoms with Crippen molar-refractivity contribution in [3.05, 3.63) is 40.3 Å². The van der Waals surface area contributed by atoms with Crippen LogP contribution in [0.25, 0.3) is 10.4 Å². The van der Waals surface area contributed by atoms with Crippen molar-refractivity contribution in [1.29, 1.82) is 0 Å². The highest BCUT2D eigenvalue weighted by atomic mass is 32.2. The Morgan fingerprint density at radius 3 is 1.37 bits per heavy atom. The number of carbonyl (C=O) groups excluding carboxylic acids is 2. The molecule has 0 aliphatic rings. The van der Waals surface area contributed by atoms with Crippen LogP contribution in [0.1, 0.15) is 72.8 Å². The van der Waals surface area contributed by atoms with E-state index in [1.807, 2.05) is 48.5 Å². The minimum absolute atomic E-state index is 0.0586. The maximum absolute atomic E-state index is 12.0. The molecule has 0 atom stereocenters. The molecular weight excluding hydrogens is 702 g/mol. The fourth-order valence-corrected chi connectivity index (χ4v) is 4.52. The first-order chi connectivity index (χ1) is 24.6. The van der Waals surface area contributed by atoms with Gasteiger partial charge in [0, 0.05) is 37.5 Å². The van der Waals surface area contributed by atoms with E-state index in [-0.39, 0.29) is 30.0 Å². The van der Waals surface area contributed by atoms with Crippen molar-refractivity contribution in [2.24, 2.45) is 5.11 Å². The number of rotatable bonds is 28. The second-order valence-electron chi connectivity index (χ2n) is 13.1. The van der Waals surface area contributed by atoms with Gasteiger partial charge in [0.25, 0.3) is 10.1 Å². The van der Waals surface area contributed by atoms with E-state index in [1.54, 1.807) is 12.1 Å². The molecule has 16 nitrogen and oxygen atoms in total. The van der Waals surface area contributed by atoms with Crippen LogP contribution in [0.15, 0.2) is 34.3 Å². The number of benzene rings is 1. The minimum Gasteiger partial charge on any atom is -0.460 e. The van der Waals surface area contributed by atoms with Gasteiger partial charge in [0.2, 0.25) is 0 Å². The van der Waals surface area contributed by atoms with Crippen LogP contribution in [0.3, 0.4) is 0 Å². The van der Waals surface area contributed by atoms with Crippen molar-refractivity contribution < 1.29 is 60.1 Å². The van der Waals surface area contributed by atoms with Gasteiger partial charge in [0.15, 0.2) is 0 Å². The number of ether oxygens (including phenoxy) is 8. The second kappa shape index (κ2) is 29.6. The highest BCUT2D eigenvalue weighted by Crippen LogP contribution is 2.13. The molecule has 300 valence electrons. The van der Waals surface area contributed by atoms with E-state index >= 15 is 0 Å². The normalized spacial score (nSPS) is 11.7. The van der Waals surface area contributed by atoms with Gasteiger partial charge < -0.3 is 37.9 Å². The Kier molecular flexibility index (Phi) is 28.0. The summed E-state index contributed by atoms with van der Waals surface area (Å²) >= 11 is 0. The average molecular weight is 764 g/mol. The lowest BCUT2D eigenvalue weighted by Gasteiger charge is -2.19. The van der Waals surface area contributed by atoms with E-state index < -0.39 is 21.3 Å². The van der Waals surface area contributed by atoms with E-state index in [4.69, 9.17) is 47.6 Å². The van der Waals surface area contributed by atoms with Crippen molar-refractivity contribution in [3.8, 4) is 0 Å². The maximum atomic E-state index is 12.0. The zero-order chi connectivity index (χ0) is 39.1. The molecule has 0 radical (unpaired) electrons. The average Bonchev–Trinajstić information content (AvgIpc) is 3.04. The molecule has 0 unspecified atom stereocenters. The van der Waals surface area contributed by atoms with Gasteiger partial charge in [0.1, 0.15) is 11.2 Å². The molecule has 0 spiro atoms. The lowest BCUT2D eigenvalue weighted by molar-refractivity contribution is -0.156. The third-order valence-corrected chi connectivity index (χ3v) is 7.17. The van der Waals surface area contributed by atoms with Crippen LogP contribution in [0.4, 0.5) is 0 Å². The van der Waals surface area contributed by atoms with Crippen LogP contribution in [-0.2, 0) is 61.8 Å². The predicted octanol–water partition coefficient (Wildman–Crippen LogP) is 5.34. The molecule has 0 fully saturated rings. The lowest BCUT2D eigenvalue weighted by atomic mass is 10.2. The quantitative estimate of drug-likeness (QED) is 0.0265. The summed E-state index contributed by atoms with van der Waals surface area (Å²) in [5, 5.41) is 3.34. The molecule has 0 heterocycles. The molecule has 0 amide bonds. The molecule has 0 aliphatic carbocycles. The summed E-state index contributed by atoms with van der Waals surface area (Å²) < 4.78 is 71.1. The van der Waals surface area contributed by atoms with Gasteiger partial charge in [-0.25, -0.2) is 0 Å². The van der Waals surface area contributed by atoms with Crippen molar-refractivity contribution >= 4 is 22.1 Å². The van der Waals surface area contributed by atoms with Crippen molar-refractivity contribution in [2.45, 2.75) is 90.2 Å². The summed E-state index contributed by atoms with van der Waals surface area (Å²) in [6.45, 7) is 18.1. The topological polar surface area (TPSA) is 200 Å². The van der Waals surface area contributed by atoms with Gasteiger partial charge in [0.05, 0.1) is 77.6 Å². The van der Waals surface area contributed by atoms with Crippen LogP contribution in [0.2, 0.25) is 0 Å². The zero-order valence-corrected chi connectivity index (χ0v) is 32.9. The lowest BCUT2D eigenvalue weighted by Crippen LogP contribution is -2.23. The van der Waals surface area contributed by atoms with E-state index in [2.05, 4.69) is 10.0 Å². The first kappa shape index (κ1) is 49.1. The smallest absolute Gasteiger partial charge is 0.306 e. The van der Waals surface area contributed by atoms with Gasteiger partial charge in [-0.1, -0.05) is 22.8 Å². The van der Waals surface area contributed by atoms with E-state index in [9.17, 15) is 18.0 Å². The second-order valence-corrected chi connectivity index (χ2v) is 14.7. The van der Waals surface area contributed by atoms with Crippen molar-refractivity contribution in [3.63, 3.8) is 0 Å². The van der Waals surface area contributed by atoms with Crippen LogP contribution >= 0.6 is 0 Å². The van der Waals surface area contributed by atoms with Crippen LogP contribution in [0.5, 0.6) is 0 Å². The highest BCUT2D eigenvalue weighted by molar-refractivity contribution is 7.86. The van der Waals surface area contributed by atoms with Gasteiger partial charge in [-0.3, -0.25) is 13.8 Å². The fourth-order valence-electron chi connectivity index (χ4n) is 3.63.